The highest BCUT2D eigenvalue weighted by atomic mass is 32.3. The van der Waals surface area contributed by atoms with Crippen LogP contribution >= 0.6 is 0 Å². The molecule has 1 unspecified atom stereocenters. The summed E-state index contributed by atoms with van der Waals surface area (Å²) in [5.74, 6) is 0. The van der Waals surface area contributed by atoms with Crippen LogP contribution in [0.3, 0.4) is 0 Å². The zero-order valence-corrected chi connectivity index (χ0v) is 13.2. The van der Waals surface area contributed by atoms with Crippen LogP contribution < -0.4 is 0 Å². The minimum Gasteiger partial charge on any atom is -0.222 e. The van der Waals surface area contributed by atoms with Crippen molar-refractivity contribution in [3.63, 3.8) is 0 Å². The van der Waals surface area contributed by atoms with Gasteiger partial charge in [0, 0.05) is 6.54 Å². The molecule has 0 aliphatic carbocycles. The highest BCUT2D eigenvalue weighted by molar-refractivity contribution is 8.09. The first-order chi connectivity index (χ1) is 10.1. The molecule has 0 fully saturated rings. The fraction of sp³-hybridized carbons (Fsp3) is 1.00. The van der Waals surface area contributed by atoms with Gasteiger partial charge in [0.05, 0.1) is 0 Å². The van der Waals surface area contributed by atoms with Gasteiger partial charge >= 0.3 is 36.6 Å². The lowest BCUT2D eigenvalue weighted by molar-refractivity contribution is -0.0510. The van der Waals surface area contributed by atoms with Gasteiger partial charge in [-0.15, -0.1) is 0 Å². The molecule has 0 heterocycles. The zero-order valence-electron chi connectivity index (χ0n) is 10.8. The van der Waals surface area contributed by atoms with Gasteiger partial charge in [-0.1, -0.05) is 14.4 Å². The Labute approximate surface area is 128 Å². The Morgan fingerprint density at radius 3 is 1.33 bits per heavy atom. The van der Waals surface area contributed by atoms with Crippen LogP contribution in [0.25, 0.3) is 0 Å². The highest BCUT2D eigenvalue weighted by Gasteiger charge is 2.61. The smallest absolute Gasteiger partial charge is 0.222 e. The van der Waals surface area contributed by atoms with Crippen LogP contribution in [-0.4, -0.2) is 47.8 Å². The van der Waals surface area contributed by atoms with Crippen LogP contribution in [0, 0.1) is 0 Å². The Kier molecular flexibility index (Phi) is 5.95. The number of nitrogens with zero attached hydrogens (tertiary/aromatic N) is 2. The van der Waals surface area contributed by atoms with Gasteiger partial charge in [-0.3, -0.25) is 0 Å². The molecule has 0 aromatic rings. The van der Waals surface area contributed by atoms with Crippen LogP contribution in [-0.2, 0) is 30.0 Å². The van der Waals surface area contributed by atoms with Gasteiger partial charge in [0.15, 0.2) is 0 Å². The molecule has 0 radical (unpaired) electrons. The summed E-state index contributed by atoms with van der Waals surface area (Å²) >= 11 is 0. The Morgan fingerprint density at radius 2 is 1.12 bits per heavy atom. The lowest BCUT2D eigenvalue weighted by Crippen LogP contribution is -2.49. The van der Waals surface area contributed by atoms with Gasteiger partial charge in [0.25, 0.3) is 0 Å². The molecule has 0 N–H and O–H groups in total. The predicted molar refractivity (Wildman–Crippen MR) is 59.0 cm³/mol. The number of rotatable bonds is 4. The summed E-state index contributed by atoms with van der Waals surface area (Å²) in [4.78, 5) is 0. The van der Waals surface area contributed by atoms with Crippen molar-refractivity contribution in [2.45, 2.75) is 23.4 Å². The second kappa shape index (κ2) is 6.16. The third-order valence-electron chi connectivity index (χ3n) is 1.89. The van der Waals surface area contributed by atoms with E-state index < -0.39 is 56.7 Å². The number of halogens is 9. The summed E-state index contributed by atoms with van der Waals surface area (Å²) in [5, 5.41) is 0. The van der Waals surface area contributed by atoms with Crippen molar-refractivity contribution in [1.82, 2.24) is 3.71 Å². The fourth-order valence-electron chi connectivity index (χ4n) is 0.964. The fourth-order valence-corrected chi connectivity index (χ4v) is 5.97. The van der Waals surface area contributed by atoms with Gasteiger partial charge in [-0.05, 0) is 0 Å². The summed E-state index contributed by atoms with van der Waals surface area (Å²) in [6, 6.07) is 0. The average molecular weight is 440 g/mol. The Hall–Kier alpha value is -0.820. The van der Waals surface area contributed by atoms with Crippen LogP contribution in [0.15, 0.2) is 3.77 Å². The molecule has 1 atom stereocenters. The quantitative estimate of drug-likeness (QED) is 0.622. The molecule has 0 aliphatic heterocycles. The average Bonchev–Trinajstić information content (AvgIpc) is 2.23. The summed E-state index contributed by atoms with van der Waals surface area (Å²) in [5.41, 5.74) is -19.8. The van der Waals surface area contributed by atoms with E-state index in [-0.39, 0.29) is 6.92 Å². The van der Waals surface area contributed by atoms with E-state index in [9.17, 15) is 60.6 Å². The minimum atomic E-state index is -7.24. The van der Waals surface area contributed by atoms with E-state index in [4.69, 9.17) is 0 Å². The van der Waals surface area contributed by atoms with E-state index >= 15 is 0 Å². The minimum absolute atomic E-state index is 0.240. The second-order valence-corrected chi connectivity index (χ2v) is 9.50. The third-order valence-corrected chi connectivity index (χ3v) is 8.05. The van der Waals surface area contributed by atoms with Crippen molar-refractivity contribution in [3.8, 4) is 0 Å². The molecule has 19 heteroatoms. The molecule has 7 nitrogen and oxygen atoms in total. The summed E-state index contributed by atoms with van der Waals surface area (Å²) < 4.78 is 165. The maximum Gasteiger partial charge on any atom is 0.519 e. The molecule has 0 aromatic carbocycles. The second-order valence-electron chi connectivity index (χ2n) is 3.51. The van der Waals surface area contributed by atoms with Crippen LogP contribution in [0.5, 0.6) is 0 Å². The maximum atomic E-state index is 12.7. The molecule has 146 valence electrons. The van der Waals surface area contributed by atoms with E-state index in [1.54, 1.807) is 0 Å². The van der Waals surface area contributed by atoms with Gasteiger partial charge in [0.2, 0.25) is 9.92 Å². The number of alkyl halides is 9. The summed E-state index contributed by atoms with van der Waals surface area (Å²) in [6.45, 7) is -1.71. The lowest BCUT2D eigenvalue weighted by Gasteiger charge is -2.25. The van der Waals surface area contributed by atoms with Crippen molar-refractivity contribution in [1.29, 1.82) is 0 Å². The first kappa shape index (κ1) is 23.2. The molecule has 0 saturated heterocycles. The first-order valence-corrected chi connectivity index (χ1v) is 9.25. The van der Waals surface area contributed by atoms with Crippen molar-refractivity contribution in [2.24, 2.45) is 3.77 Å². The highest BCUT2D eigenvalue weighted by Crippen LogP contribution is 2.38. The molecular formula is C5H5F9N2O5S3. The van der Waals surface area contributed by atoms with Crippen molar-refractivity contribution >= 4 is 30.0 Å². The Morgan fingerprint density at radius 1 is 0.750 bits per heavy atom. The van der Waals surface area contributed by atoms with E-state index in [1.807, 2.05) is 0 Å². The van der Waals surface area contributed by atoms with Crippen LogP contribution in [0.1, 0.15) is 6.92 Å². The molecule has 0 saturated carbocycles. The zero-order chi connectivity index (χ0) is 20.0. The molecule has 0 amide bonds. The molecule has 0 rings (SSSR count). The number of hydrogen-bond acceptors (Lipinski definition) is 5. The topological polar surface area (TPSA) is 101 Å². The third kappa shape index (κ3) is 4.04. The molecule has 0 bridgehead atoms. The first-order valence-electron chi connectivity index (χ1n) is 4.90. The largest absolute Gasteiger partial charge is 0.519 e. The standard InChI is InChI=1S/C5H5F9N2O5S3/c1-2-16(24(20,21)5(12,13)14)22(17,3(6,7)8)15-23(18,19)4(9,10)11/h2H2,1H3. The molecule has 0 aliphatic rings. The van der Waals surface area contributed by atoms with Gasteiger partial charge in [0.1, 0.15) is 0 Å². The SMILES string of the molecule is CCN(S(=O)(=O)C(F)(F)F)S(=O)(=NS(=O)(=O)C(F)(F)F)C(F)(F)F. The molecule has 0 aromatic heterocycles. The molecule has 0 spiro atoms. The number of sulfonamides is 2. The Bertz CT molecular complexity index is 796. The van der Waals surface area contributed by atoms with E-state index in [0.29, 0.717) is 0 Å². The van der Waals surface area contributed by atoms with Gasteiger partial charge < -0.3 is 0 Å². The van der Waals surface area contributed by atoms with Crippen molar-refractivity contribution < 1.29 is 60.6 Å². The summed E-state index contributed by atoms with van der Waals surface area (Å²) in [7, 11) is -21.6. The van der Waals surface area contributed by atoms with Gasteiger partial charge in [-0.25, -0.2) is 12.6 Å². The van der Waals surface area contributed by atoms with Crippen LogP contribution in [0.2, 0.25) is 0 Å². The van der Waals surface area contributed by atoms with E-state index in [0.717, 1.165) is 3.77 Å². The molecular weight excluding hydrogens is 435 g/mol. The summed E-state index contributed by atoms with van der Waals surface area (Å²) in [6.07, 6.45) is 0. The predicted octanol–water partition coefficient (Wildman–Crippen LogP) is 1.91. The molecule has 24 heavy (non-hydrogen) atoms. The van der Waals surface area contributed by atoms with Gasteiger partial charge in [-0.2, -0.15) is 47.9 Å². The normalized spacial score (nSPS) is 17.6. The monoisotopic (exact) mass is 440 g/mol. The van der Waals surface area contributed by atoms with E-state index in [1.165, 1.54) is 0 Å². The van der Waals surface area contributed by atoms with Crippen molar-refractivity contribution in [3.05, 3.63) is 0 Å². The van der Waals surface area contributed by atoms with Crippen molar-refractivity contribution in [2.75, 3.05) is 6.54 Å². The maximum absolute atomic E-state index is 12.7. The van der Waals surface area contributed by atoms with E-state index in [2.05, 4.69) is 0 Å². The number of hydrogen-bond donors (Lipinski definition) is 0. The van der Waals surface area contributed by atoms with Crippen LogP contribution in [0.4, 0.5) is 39.5 Å². The Balaban J connectivity index is 7.06. The lowest BCUT2D eigenvalue weighted by atomic mass is 10.8.